The van der Waals surface area contributed by atoms with Gasteiger partial charge in [0.15, 0.2) is 0 Å². The third kappa shape index (κ3) is 4.79. The minimum atomic E-state index is -3.87. The molecule has 142 valence electrons. The van der Waals surface area contributed by atoms with Crippen LogP contribution in [0.1, 0.15) is 16.0 Å². The average molecular weight is 412 g/mol. The van der Waals surface area contributed by atoms with Gasteiger partial charge < -0.3 is 0 Å². The molecule has 8 heteroatoms. The SMILES string of the molecule is Cc1ccc(S(=O)(=O)/N=C(/C=C/c2ccc([N+](=O)[O-])cc2)c2cccs2)cc1. The van der Waals surface area contributed by atoms with Crippen molar-refractivity contribution in [3.05, 3.63) is 98.2 Å². The summed E-state index contributed by atoms with van der Waals surface area (Å²) in [7, 11) is -3.87. The monoisotopic (exact) mass is 412 g/mol. The van der Waals surface area contributed by atoms with E-state index in [9.17, 15) is 18.5 Å². The Hall–Kier alpha value is -3.10. The summed E-state index contributed by atoms with van der Waals surface area (Å²) in [5.74, 6) is 0. The van der Waals surface area contributed by atoms with Crippen LogP contribution in [-0.4, -0.2) is 19.1 Å². The molecule has 0 spiro atoms. The van der Waals surface area contributed by atoms with Crippen LogP contribution in [0, 0.1) is 17.0 Å². The number of allylic oxidation sites excluding steroid dienone is 1. The van der Waals surface area contributed by atoms with E-state index in [0.717, 1.165) is 5.56 Å². The number of benzene rings is 2. The minimum Gasteiger partial charge on any atom is -0.258 e. The van der Waals surface area contributed by atoms with Gasteiger partial charge in [0.25, 0.3) is 15.7 Å². The Labute approximate surface area is 166 Å². The Bertz CT molecular complexity index is 1130. The lowest BCUT2D eigenvalue weighted by Gasteiger charge is -2.03. The number of nitrogens with zero attached hydrogens (tertiary/aromatic N) is 2. The van der Waals surface area contributed by atoms with Crippen molar-refractivity contribution in [2.24, 2.45) is 4.40 Å². The number of rotatable bonds is 6. The predicted octanol–water partition coefficient (Wildman–Crippen LogP) is 4.86. The van der Waals surface area contributed by atoms with Gasteiger partial charge in [-0.25, -0.2) is 0 Å². The van der Waals surface area contributed by atoms with E-state index in [1.54, 1.807) is 42.5 Å². The molecule has 0 atom stereocenters. The van der Waals surface area contributed by atoms with Gasteiger partial charge in [0.1, 0.15) is 0 Å². The zero-order chi connectivity index (χ0) is 20.1. The van der Waals surface area contributed by atoms with Crippen LogP contribution in [0.25, 0.3) is 6.08 Å². The fourth-order valence-corrected chi connectivity index (χ4v) is 4.11. The second kappa shape index (κ2) is 8.28. The Balaban J connectivity index is 1.96. The molecular formula is C20H16N2O4S2. The van der Waals surface area contributed by atoms with Crippen molar-refractivity contribution >= 4 is 38.8 Å². The highest BCUT2D eigenvalue weighted by Gasteiger charge is 2.15. The van der Waals surface area contributed by atoms with Crippen molar-refractivity contribution in [3.63, 3.8) is 0 Å². The summed E-state index contributed by atoms with van der Waals surface area (Å²) in [6.07, 6.45) is 3.27. The third-order valence-electron chi connectivity index (χ3n) is 3.85. The summed E-state index contributed by atoms with van der Waals surface area (Å²) in [5.41, 5.74) is 1.95. The molecular weight excluding hydrogens is 396 g/mol. The molecule has 0 saturated heterocycles. The molecule has 0 radical (unpaired) electrons. The lowest BCUT2D eigenvalue weighted by Crippen LogP contribution is -2.03. The van der Waals surface area contributed by atoms with E-state index in [1.807, 2.05) is 18.4 Å². The molecule has 1 aromatic heterocycles. The number of nitro benzene ring substituents is 1. The Morgan fingerprint density at radius 1 is 1.07 bits per heavy atom. The highest BCUT2D eigenvalue weighted by molar-refractivity contribution is 7.90. The van der Waals surface area contributed by atoms with E-state index < -0.39 is 14.9 Å². The van der Waals surface area contributed by atoms with Gasteiger partial charge in [-0.3, -0.25) is 10.1 Å². The molecule has 0 aliphatic heterocycles. The maximum absolute atomic E-state index is 12.7. The summed E-state index contributed by atoms with van der Waals surface area (Å²) in [6.45, 7) is 1.88. The summed E-state index contributed by atoms with van der Waals surface area (Å²) in [4.78, 5) is 11.1. The van der Waals surface area contributed by atoms with Crippen molar-refractivity contribution in [1.29, 1.82) is 0 Å². The fraction of sp³-hybridized carbons (Fsp3) is 0.0500. The van der Waals surface area contributed by atoms with E-state index in [-0.39, 0.29) is 10.6 Å². The number of hydrogen-bond acceptors (Lipinski definition) is 5. The first-order chi connectivity index (χ1) is 13.3. The summed E-state index contributed by atoms with van der Waals surface area (Å²) < 4.78 is 29.4. The zero-order valence-corrected chi connectivity index (χ0v) is 16.5. The van der Waals surface area contributed by atoms with Gasteiger partial charge in [0.05, 0.1) is 20.4 Å². The van der Waals surface area contributed by atoms with E-state index in [2.05, 4.69) is 4.40 Å². The third-order valence-corrected chi connectivity index (χ3v) is 6.05. The van der Waals surface area contributed by atoms with Crippen LogP contribution in [0.5, 0.6) is 0 Å². The maximum atomic E-state index is 12.7. The number of non-ortho nitro benzene ring substituents is 1. The summed E-state index contributed by atoms with van der Waals surface area (Å²) >= 11 is 1.38. The smallest absolute Gasteiger partial charge is 0.258 e. The second-order valence-electron chi connectivity index (χ2n) is 5.92. The van der Waals surface area contributed by atoms with Crippen molar-refractivity contribution < 1.29 is 13.3 Å². The summed E-state index contributed by atoms with van der Waals surface area (Å²) in [5, 5.41) is 12.6. The molecule has 28 heavy (non-hydrogen) atoms. The van der Waals surface area contributed by atoms with Crippen LogP contribution in [0.15, 0.2) is 81.4 Å². The molecule has 6 nitrogen and oxygen atoms in total. The van der Waals surface area contributed by atoms with Gasteiger partial charge in [-0.15, -0.1) is 11.3 Å². The van der Waals surface area contributed by atoms with Gasteiger partial charge >= 0.3 is 0 Å². The quantitative estimate of drug-likeness (QED) is 0.329. The normalized spacial score (nSPS) is 12.4. The van der Waals surface area contributed by atoms with E-state index in [4.69, 9.17) is 0 Å². The van der Waals surface area contributed by atoms with Crippen molar-refractivity contribution in [2.75, 3.05) is 0 Å². The summed E-state index contributed by atoms with van der Waals surface area (Å²) in [6, 6.07) is 16.1. The first kappa shape index (κ1) is 19.7. The number of aryl methyl sites for hydroxylation is 1. The standard InChI is InChI=1S/C20H16N2O4S2/c1-15-4-11-18(12-5-15)28(25,26)21-19(20-3-2-14-27-20)13-8-16-6-9-17(10-7-16)22(23)24/h2-14H,1H3/b13-8+,21-19-. The number of thiophene rings is 1. The topological polar surface area (TPSA) is 89.6 Å². The largest absolute Gasteiger partial charge is 0.282 e. The molecule has 0 aliphatic carbocycles. The first-order valence-corrected chi connectivity index (χ1v) is 10.6. The molecule has 0 unspecified atom stereocenters. The van der Waals surface area contributed by atoms with Crippen molar-refractivity contribution in [3.8, 4) is 0 Å². The van der Waals surface area contributed by atoms with Crippen LogP contribution < -0.4 is 0 Å². The molecule has 0 amide bonds. The first-order valence-electron chi connectivity index (χ1n) is 8.23. The lowest BCUT2D eigenvalue weighted by molar-refractivity contribution is -0.384. The lowest BCUT2D eigenvalue weighted by atomic mass is 10.1. The fourth-order valence-electron chi connectivity index (χ4n) is 2.36. The van der Waals surface area contributed by atoms with Crippen LogP contribution in [-0.2, 0) is 10.0 Å². The second-order valence-corrected chi connectivity index (χ2v) is 8.48. The van der Waals surface area contributed by atoms with Crippen LogP contribution in [0.4, 0.5) is 5.69 Å². The van der Waals surface area contributed by atoms with E-state index in [1.165, 1.54) is 35.6 Å². The van der Waals surface area contributed by atoms with Crippen LogP contribution in [0.3, 0.4) is 0 Å². The average Bonchev–Trinajstić information content (AvgIpc) is 3.20. The van der Waals surface area contributed by atoms with Gasteiger partial charge in [-0.05, 0) is 54.3 Å². The molecule has 0 aliphatic rings. The molecule has 0 saturated carbocycles. The van der Waals surface area contributed by atoms with Crippen molar-refractivity contribution in [1.82, 2.24) is 0 Å². The Morgan fingerprint density at radius 2 is 1.75 bits per heavy atom. The zero-order valence-electron chi connectivity index (χ0n) is 14.8. The van der Waals surface area contributed by atoms with E-state index in [0.29, 0.717) is 16.2 Å². The highest BCUT2D eigenvalue weighted by atomic mass is 32.2. The number of nitro groups is 1. The van der Waals surface area contributed by atoms with E-state index >= 15 is 0 Å². The molecule has 2 aromatic carbocycles. The van der Waals surface area contributed by atoms with Gasteiger partial charge in [-0.2, -0.15) is 12.8 Å². The molecule has 3 aromatic rings. The van der Waals surface area contributed by atoms with Gasteiger partial charge in [0, 0.05) is 12.1 Å². The van der Waals surface area contributed by atoms with Gasteiger partial charge in [0.2, 0.25) is 0 Å². The maximum Gasteiger partial charge on any atom is 0.282 e. The van der Waals surface area contributed by atoms with Crippen molar-refractivity contribution in [2.45, 2.75) is 11.8 Å². The molecule has 1 heterocycles. The molecule has 0 bridgehead atoms. The van der Waals surface area contributed by atoms with Gasteiger partial charge in [-0.1, -0.05) is 29.8 Å². The number of sulfonamides is 1. The molecule has 0 fully saturated rings. The molecule has 0 N–H and O–H groups in total. The van der Waals surface area contributed by atoms with Crippen LogP contribution in [0.2, 0.25) is 0 Å². The Kier molecular flexibility index (Phi) is 5.81. The minimum absolute atomic E-state index is 0.00811. The number of hydrogen-bond donors (Lipinski definition) is 0. The highest BCUT2D eigenvalue weighted by Crippen LogP contribution is 2.19. The Morgan fingerprint density at radius 3 is 2.32 bits per heavy atom. The van der Waals surface area contributed by atoms with Crippen LogP contribution >= 0.6 is 11.3 Å². The predicted molar refractivity (Wildman–Crippen MR) is 111 cm³/mol. The molecule has 3 rings (SSSR count).